The summed E-state index contributed by atoms with van der Waals surface area (Å²) >= 11 is 0. The summed E-state index contributed by atoms with van der Waals surface area (Å²) in [7, 11) is 0. The highest BCUT2D eigenvalue weighted by atomic mass is 16.5. The van der Waals surface area contributed by atoms with E-state index in [1.54, 1.807) is 0 Å². The van der Waals surface area contributed by atoms with Gasteiger partial charge in [0, 0.05) is 6.61 Å². The van der Waals surface area contributed by atoms with Gasteiger partial charge in [0.1, 0.15) is 5.54 Å². The van der Waals surface area contributed by atoms with Crippen molar-refractivity contribution in [3.05, 3.63) is 0 Å². The van der Waals surface area contributed by atoms with E-state index in [9.17, 15) is 5.26 Å². The van der Waals surface area contributed by atoms with Crippen molar-refractivity contribution in [2.45, 2.75) is 83.8 Å². The first-order chi connectivity index (χ1) is 9.71. The van der Waals surface area contributed by atoms with E-state index in [4.69, 9.17) is 4.74 Å². The molecule has 0 aromatic carbocycles. The molecule has 0 aromatic heterocycles. The lowest BCUT2D eigenvalue weighted by Gasteiger charge is -2.31. The lowest BCUT2D eigenvalue weighted by atomic mass is 9.84. The van der Waals surface area contributed by atoms with Crippen LogP contribution in [0.3, 0.4) is 0 Å². The van der Waals surface area contributed by atoms with Gasteiger partial charge in [-0.2, -0.15) is 5.26 Å². The highest BCUT2D eigenvalue weighted by molar-refractivity contribution is 5.05. The van der Waals surface area contributed by atoms with E-state index in [1.807, 2.05) is 0 Å². The van der Waals surface area contributed by atoms with Crippen molar-refractivity contribution < 1.29 is 4.74 Å². The Morgan fingerprint density at radius 1 is 1.25 bits per heavy atom. The average Bonchev–Trinajstić information content (AvgIpc) is 2.51. The lowest BCUT2D eigenvalue weighted by molar-refractivity contribution is -0.0147. The first-order valence-corrected chi connectivity index (χ1v) is 8.49. The van der Waals surface area contributed by atoms with Gasteiger partial charge in [0.05, 0.1) is 12.2 Å². The van der Waals surface area contributed by atoms with Gasteiger partial charge in [0.15, 0.2) is 0 Å². The van der Waals surface area contributed by atoms with Crippen LogP contribution in [-0.2, 0) is 4.74 Å². The maximum absolute atomic E-state index is 9.38. The molecule has 1 aliphatic carbocycles. The van der Waals surface area contributed by atoms with Gasteiger partial charge in [-0.3, -0.25) is 5.32 Å². The molecule has 1 rings (SSSR count). The molecule has 3 heteroatoms. The van der Waals surface area contributed by atoms with Gasteiger partial charge in [0.25, 0.3) is 0 Å². The van der Waals surface area contributed by atoms with Crippen molar-refractivity contribution >= 4 is 0 Å². The average molecular weight is 280 g/mol. The van der Waals surface area contributed by atoms with Crippen LogP contribution >= 0.6 is 0 Å². The summed E-state index contributed by atoms with van der Waals surface area (Å²) in [5.74, 6) is 0.754. The minimum Gasteiger partial charge on any atom is -0.378 e. The van der Waals surface area contributed by atoms with E-state index >= 15 is 0 Å². The SMILES string of the molecule is CCNC(C#N)(CC)CCCOC1CCCCC1CC. The van der Waals surface area contributed by atoms with Crippen molar-refractivity contribution in [2.75, 3.05) is 13.2 Å². The van der Waals surface area contributed by atoms with Crippen molar-refractivity contribution in [3.8, 4) is 6.07 Å². The highest BCUT2D eigenvalue weighted by Crippen LogP contribution is 2.29. The number of nitrogens with one attached hydrogen (secondary N) is 1. The zero-order chi connectivity index (χ0) is 14.8. The number of nitrogens with zero attached hydrogens (tertiary/aromatic N) is 1. The van der Waals surface area contributed by atoms with E-state index in [1.165, 1.54) is 32.1 Å². The monoisotopic (exact) mass is 280 g/mol. The van der Waals surface area contributed by atoms with E-state index in [-0.39, 0.29) is 5.54 Å². The maximum atomic E-state index is 9.38. The second-order valence-corrected chi connectivity index (χ2v) is 6.04. The zero-order valence-corrected chi connectivity index (χ0v) is 13.6. The fraction of sp³-hybridized carbons (Fsp3) is 0.941. The molecule has 3 nitrogen and oxygen atoms in total. The predicted molar refractivity (Wildman–Crippen MR) is 83.5 cm³/mol. The fourth-order valence-electron chi connectivity index (χ4n) is 3.37. The smallest absolute Gasteiger partial charge is 0.106 e. The molecule has 20 heavy (non-hydrogen) atoms. The molecule has 0 amide bonds. The second kappa shape index (κ2) is 9.37. The second-order valence-electron chi connectivity index (χ2n) is 6.04. The van der Waals surface area contributed by atoms with Gasteiger partial charge in [-0.1, -0.05) is 40.0 Å². The third kappa shape index (κ3) is 5.07. The summed E-state index contributed by atoms with van der Waals surface area (Å²) < 4.78 is 6.11. The normalized spacial score (nSPS) is 25.9. The van der Waals surface area contributed by atoms with Crippen LogP contribution in [0.4, 0.5) is 0 Å². The summed E-state index contributed by atoms with van der Waals surface area (Å²) in [6, 6.07) is 2.46. The van der Waals surface area contributed by atoms with E-state index < -0.39 is 0 Å². The van der Waals surface area contributed by atoms with E-state index in [0.29, 0.717) is 6.10 Å². The number of ether oxygens (including phenoxy) is 1. The molecule has 0 aliphatic heterocycles. The molecule has 0 bridgehead atoms. The largest absolute Gasteiger partial charge is 0.378 e. The Labute approximate surface area is 125 Å². The Kier molecular flexibility index (Phi) is 8.18. The van der Waals surface area contributed by atoms with Crippen LogP contribution in [0.5, 0.6) is 0 Å². The first kappa shape index (κ1) is 17.5. The zero-order valence-electron chi connectivity index (χ0n) is 13.6. The Morgan fingerprint density at radius 3 is 2.60 bits per heavy atom. The van der Waals surface area contributed by atoms with Crippen LogP contribution in [-0.4, -0.2) is 24.8 Å². The fourth-order valence-corrected chi connectivity index (χ4v) is 3.37. The minimum absolute atomic E-state index is 0.352. The quantitative estimate of drug-likeness (QED) is 0.648. The molecule has 116 valence electrons. The van der Waals surface area contributed by atoms with Gasteiger partial charge in [-0.25, -0.2) is 0 Å². The molecule has 1 fully saturated rings. The van der Waals surface area contributed by atoms with Gasteiger partial charge >= 0.3 is 0 Å². The van der Waals surface area contributed by atoms with Crippen molar-refractivity contribution in [1.82, 2.24) is 5.32 Å². The molecular formula is C17H32N2O. The summed E-state index contributed by atoms with van der Waals surface area (Å²) in [5.41, 5.74) is -0.352. The molecule has 3 unspecified atom stereocenters. The van der Waals surface area contributed by atoms with Crippen molar-refractivity contribution in [2.24, 2.45) is 5.92 Å². The van der Waals surface area contributed by atoms with Crippen molar-refractivity contribution in [3.63, 3.8) is 0 Å². The molecule has 0 heterocycles. The van der Waals surface area contributed by atoms with Crippen LogP contribution in [0.25, 0.3) is 0 Å². The van der Waals surface area contributed by atoms with Gasteiger partial charge < -0.3 is 4.74 Å². The molecule has 1 aliphatic rings. The third-order valence-electron chi connectivity index (χ3n) is 4.78. The number of rotatable bonds is 9. The Balaban J connectivity index is 2.31. The molecular weight excluding hydrogens is 248 g/mol. The van der Waals surface area contributed by atoms with Crippen LogP contribution in [0.15, 0.2) is 0 Å². The number of hydrogen-bond acceptors (Lipinski definition) is 3. The van der Waals surface area contributed by atoms with Gasteiger partial charge in [-0.15, -0.1) is 0 Å². The highest BCUT2D eigenvalue weighted by Gasteiger charge is 2.27. The number of nitriles is 1. The topological polar surface area (TPSA) is 45.0 Å². The molecule has 1 saturated carbocycles. The Morgan fingerprint density at radius 2 is 2.00 bits per heavy atom. The molecule has 3 atom stereocenters. The third-order valence-corrected chi connectivity index (χ3v) is 4.78. The van der Waals surface area contributed by atoms with Crippen LogP contribution in [0.2, 0.25) is 0 Å². The minimum atomic E-state index is -0.352. The van der Waals surface area contributed by atoms with Crippen LogP contribution in [0, 0.1) is 17.2 Å². The Bertz CT molecular complexity index is 300. The molecule has 0 aromatic rings. The van der Waals surface area contributed by atoms with Gasteiger partial charge in [-0.05, 0) is 44.6 Å². The standard InChI is InChI=1S/C17H32N2O/c1-4-15-10-7-8-11-16(15)20-13-9-12-17(5-2,14-18)19-6-3/h15-16,19H,4-13H2,1-3H3. The summed E-state index contributed by atoms with van der Waals surface area (Å²) in [6.45, 7) is 8.07. The molecule has 0 radical (unpaired) electrons. The first-order valence-electron chi connectivity index (χ1n) is 8.49. The summed E-state index contributed by atoms with van der Waals surface area (Å²) in [6.07, 6.45) is 9.65. The number of hydrogen-bond donors (Lipinski definition) is 1. The van der Waals surface area contributed by atoms with Crippen LogP contribution < -0.4 is 5.32 Å². The lowest BCUT2D eigenvalue weighted by Crippen LogP contribution is -2.43. The van der Waals surface area contributed by atoms with E-state index in [0.717, 1.165) is 38.3 Å². The maximum Gasteiger partial charge on any atom is 0.106 e. The molecule has 1 N–H and O–H groups in total. The Hall–Kier alpha value is -0.590. The van der Waals surface area contributed by atoms with Gasteiger partial charge in [0.2, 0.25) is 0 Å². The van der Waals surface area contributed by atoms with Crippen molar-refractivity contribution in [1.29, 1.82) is 5.26 Å². The summed E-state index contributed by atoms with van der Waals surface area (Å²) in [5, 5.41) is 12.7. The van der Waals surface area contributed by atoms with Crippen LogP contribution in [0.1, 0.15) is 72.1 Å². The molecule has 0 saturated heterocycles. The predicted octanol–water partition coefficient (Wildman–Crippen LogP) is 4.03. The molecule has 0 spiro atoms. The van der Waals surface area contributed by atoms with E-state index in [2.05, 4.69) is 32.2 Å². The summed E-state index contributed by atoms with van der Waals surface area (Å²) in [4.78, 5) is 0.